The topological polar surface area (TPSA) is 133 Å². The number of aromatic hydroxyl groups is 1. The molecule has 1 aromatic carbocycles. The van der Waals surface area contributed by atoms with E-state index in [0.717, 1.165) is 6.92 Å². The van der Waals surface area contributed by atoms with Crippen molar-refractivity contribution < 1.29 is 34.4 Å². The summed E-state index contributed by atoms with van der Waals surface area (Å²) in [5.41, 5.74) is 0.00165. The summed E-state index contributed by atoms with van der Waals surface area (Å²) >= 11 is 1.95. The Bertz CT molecular complexity index is 621. The summed E-state index contributed by atoms with van der Waals surface area (Å²) in [5, 5.41) is 28.4. The van der Waals surface area contributed by atoms with Crippen LogP contribution in [0.1, 0.15) is 33.3 Å². The first-order valence-electron chi connectivity index (χ1n) is 7.21. The lowest BCUT2D eigenvalue weighted by molar-refractivity contribution is -0.139. The van der Waals surface area contributed by atoms with Crippen LogP contribution in [0.15, 0.2) is 18.2 Å². The predicted octanol–water partition coefficient (Wildman–Crippen LogP) is 2.61. The number of carbonyl (C=O) groups is 3. The van der Waals surface area contributed by atoms with E-state index in [0.29, 0.717) is 9.13 Å². The number of phenolic OH excluding ortho intramolecular Hbond substituents is 1. The molecule has 0 spiro atoms. The maximum Gasteiger partial charge on any atom is 0.408 e. The lowest BCUT2D eigenvalue weighted by Crippen LogP contribution is -2.44. The molecule has 4 N–H and O–H groups in total. The number of amides is 1. The number of carbonyl (C=O) groups excluding carboxylic acids is 1. The van der Waals surface area contributed by atoms with Crippen molar-refractivity contribution >= 4 is 40.6 Å². The largest absolute Gasteiger partial charge is 0.507 e. The Morgan fingerprint density at radius 1 is 1.24 bits per heavy atom. The molecule has 8 nitrogen and oxygen atoms in total. The number of hydrogen-bond acceptors (Lipinski definition) is 5. The van der Waals surface area contributed by atoms with Gasteiger partial charge < -0.3 is 25.4 Å². The van der Waals surface area contributed by atoms with Crippen LogP contribution in [0, 0.1) is 3.57 Å². The number of benzene rings is 1. The Hall–Kier alpha value is -2.04. The van der Waals surface area contributed by atoms with Crippen molar-refractivity contribution in [2.24, 2.45) is 0 Å². The summed E-state index contributed by atoms with van der Waals surface area (Å²) in [6, 6.07) is 3.68. The molecule has 0 aliphatic rings. The molecule has 0 saturated carbocycles. The van der Waals surface area contributed by atoms with Crippen molar-refractivity contribution in [3.63, 3.8) is 0 Å². The van der Waals surface area contributed by atoms with Crippen LogP contribution in [0.2, 0.25) is 0 Å². The molecule has 0 fully saturated rings. The molecule has 0 aliphatic heterocycles. The molecule has 140 valence electrons. The van der Waals surface area contributed by atoms with E-state index in [2.05, 4.69) is 5.32 Å². The van der Waals surface area contributed by atoms with Gasteiger partial charge in [-0.2, -0.15) is 0 Å². The molecular weight excluding hydrogens is 445 g/mol. The molecule has 0 bridgehead atoms. The molecule has 0 heterocycles. The normalized spacial score (nSPS) is 11.6. The molecule has 0 unspecified atom stereocenters. The van der Waals surface area contributed by atoms with E-state index in [1.54, 1.807) is 32.9 Å². The number of phenols is 1. The third-order valence-corrected chi connectivity index (χ3v) is 3.31. The molecule has 0 radical (unpaired) electrons. The van der Waals surface area contributed by atoms with Crippen molar-refractivity contribution in [1.29, 1.82) is 0 Å². The van der Waals surface area contributed by atoms with Gasteiger partial charge in [0.05, 0.1) is 3.57 Å². The minimum atomic E-state index is -1.15. The lowest BCUT2D eigenvalue weighted by Gasteiger charge is -2.22. The van der Waals surface area contributed by atoms with E-state index in [-0.39, 0.29) is 12.2 Å². The number of aliphatic carboxylic acids is 2. The molecule has 0 aromatic heterocycles. The molecule has 1 aromatic rings. The number of rotatable bonds is 4. The second-order valence-corrected chi connectivity index (χ2v) is 7.21. The van der Waals surface area contributed by atoms with Crippen molar-refractivity contribution in [2.75, 3.05) is 0 Å². The number of alkyl carbamates (subject to hydrolysis) is 1. The average Bonchev–Trinajstić information content (AvgIpc) is 2.39. The van der Waals surface area contributed by atoms with Crippen LogP contribution in [0.4, 0.5) is 4.79 Å². The van der Waals surface area contributed by atoms with Gasteiger partial charge in [0.15, 0.2) is 0 Å². The lowest BCUT2D eigenvalue weighted by atomic mass is 10.1. The molecule has 0 saturated heterocycles. The monoisotopic (exact) mass is 467 g/mol. The molecule has 0 aliphatic carbocycles. The Kier molecular flexibility index (Phi) is 9.24. The first-order chi connectivity index (χ1) is 11.3. The second kappa shape index (κ2) is 10.1. The van der Waals surface area contributed by atoms with E-state index < -0.39 is 29.7 Å². The van der Waals surface area contributed by atoms with Gasteiger partial charge in [-0.05, 0) is 61.1 Å². The maximum absolute atomic E-state index is 11.6. The van der Waals surface area contributed by atoms with E-state index in [9.17, 15) is 19.8 Å². The fourth-order valence-corrected chi connectivity index (χ4v) is 2.14. The van der Waals surface area contributed by atoms with Gasteiger partial charge in [0.2, 0.25) is 0 Å². The third-order valence-electron chi connectivity index (χ3n) is 2.44. The molecule has 9 heteroatoms. The molecule has 25 heavy (non-hydrogen) atoms. The predicted molar refractivity (Wildman–Crippen MR) is 98.6 cm³/mol. The average molecular weight is 467 g/mol. The minimum absolute atomic E-state index is 0.102. The maximum atomic E-state index is 11.6. The highest BCUT2D eigenvalue weighted by Crippen LogP contribution is 2.21. The van der Waals surface area contributed by atoms with Crippen LogP contribution in [-0.2, 0) is 20.7 Å². The SMILES string of the molecule is CC(=O)O.CC(C)(C)OC(=O)N[C@@H](Cc1ccc(O)c(I)c1)C(=O)O. The fraction of sp³-hybridized carbons (Fsp3) is 0.438. The zero-order valence-electron chi connectivity index (χ0n) is 14.4. The highest BCUT2D eigenvalue weighted by molar-refractivity contribution is 14.1. The van der Waals surface area contributed by atoms with Crippen LogP contribution in [0.25, 0.3) is 0 Å². The summed E-state index contributed by atoms with van der Waals surface area (Å²) in [6.45, 7) is 6.18. The third kappa shape index (κ3) is 11.2. The van der Waals surface area contributed by atoms with Gasteiger partial charge in [0.1, 0.15) is 17.4 Å². The summed E-state index contributed by atoms with van der Waals surface area (Å²) < 4.78 is 5.66. The van der Waals surface area contributed by atoms with Gasteiger partial charge in [-0.25, -0.2) is 9.59 Å². The molecule has 1 amide bonds. The Balaban J connectivity index is 0.00000129. The van der Waals surface area contributed by atoms with Crippen LogP contribution in [0.5, 0.6) is 5.75 Å². The van der Waals surface area contributed by atoms with Crippen LogP contribution in [0.3, 0.4) is 0 Å². The fourth-order valence-electron chi connectivity index (χ4n) is 1.56. The number of hydrogen-bond donors (Lipinski definition) is 4. The van der Waals surface area contributed by atoms with Crippen molar-refractivity contribution in [3.8, 4) is 5.75 Å². The van der Waals surface area contributed by atoms with E-state index in [4.69, 9.17) is 14.6 Å². The van der Waals surface area contributed by atoms with Gasteiger partial charge in [-0.3, -0.25) is 4.79 Å². The summed E-state index contributed by atoms with van der Waals surface area (Å²) in [4.78, 5) is 31.9. The summed E-state index contributed by atoms with van der Waals surface area (Å²) in [6.07, 6.45) is -0.673. The Labute approximate surface area is 159 Å². The number of carboxylic acids is 2. The summed E-state index contributed by atoms with van der Waals surface area (Å²) in [7, 11) is 0. The van der Waals surface area contributed by atoms with Crippen LogP contribution in [-0.4, -0.2) is 45.0 Å². The van der Waals surface area contributed by atoms with Crippen molar-refractivity contribution in [3.05, 3.63) is 27.3 Å². The molecule has 1 rings (SSSR count). The Morgan fingerprint density at radius 3 is 2.16 bits per heavy atom. The highest BCUT2D eigenvalue weighted by Gasteiger charge is 2.24. The van der Waals surface area contributed by atoms with Crippen molar-refractivity contribution in [1.82, 2.24) is 5.32 Å². The summed E-state index contributed by atoms with van der Waals surface area (Å²) in [5.74, 6) is -1.85. The zero-order chi connectivity index (χ0) is 19.8. The smallest absolute Gasteiger partial charge is 0.408 e. The van der Waals surface area contributed by atoms with Gasteiger partial charge in [-0.1, -0.05) is 6.07 Å². The van der Waals surface area contributed by atoms with E-state index >= 15 is 0 Å². The standard InChI is InChI=1S/C14H18INO5.C2H4O2/c1-14(2,3)21-13(20)16-10(12(18)19)7-8-4-5-11(17)9(15)6-8;1-2(3)4/h4-6,10,17H,7H2,1-3H3,(H,16,20)(H,18,19);1H3,(H,3,4)/t10-;/m0./s1. The van der Waals surface area contributed by atoms with E-state index in [1.165, 1.54) is 6.07 Å². The number of nitrogens with one attached hydrogen (secondary N) is 1. The van der Waals surface area contributed by atoms with E-state index in [1.807, 2.05) is 22.6 Å². The van der Waals surface area contributed by atoms with Gasteiger partial charge >= 0.3 is 12.1 Å². The van der Waals surface area contributed by atoms with Crippen LogP contribution < -0.4 is 5.32 Å². The van der Waals surface area contributed by atoms with Gasteiger partial charge in [0, 0.05) is 13.3 Å². The van der Waals surface area contributed by atoms with Crippen LogP contribution >= 0.6 is 22.6 Å². The number of carboxylic acid groups (broad SMARTS) is 2. The number of ether oxygens (including phenoxy) is 1. The van der Waals surface area contributed by atoms with Gasteiger partial charge in [0.25, 0.3) is 5.97 Å². The molecular formula is C16H22INO7. The zero-order valence-corrected chi connectivity index (χ0v) is 16.5. The van der Waals surface area contributed by atoms with Gasteiger partial charge in [-0.15, -0.1) is 0 Å². The second-order valence-electron chi connectivity index (χ2n) is 6.05. The highest BCUT2D eigenvalue weighted by atomic mass is 127. The minimum Gasteiger partial charge on any atom is -0.507 e. The number of halogens is 1. The first-order valence-corrected chi connectivity index (χ1v) is 8.29. The Morgan fingerprint density at radius 2 is 1.76 bits per heavy atom. The quantitative estimate of drug-likeness (QED) is 0.501. The molecule has 1 atom stereocenters. The first kappa shape index (κ1) is 23.0. The van der Waals surface area contributed by atoms with Crippen molar-refractivity contribution in [2.45, 2.75) is 45.8 Å².